The summed E-state index contributed by atoms with van der Waals surface area (Å²) in [6.45, 7) is 0. The van der Waals surface area contributed by atoms with Gasteiger partial charge in [-0.25, -0.2) is 4.79 Å². The normalized spacial score (nSPS) is 21.9. The summed E-state index contributed by atoms with van der Waals surface area (Å²) in [5.74, 6) is 0.730. The molecule has 0 radical (unpaired) electrons. The Labute approximate surface area is 83.8 Å². The lowest BCUT2D eigenvalue weighted by atomic mass is 10.2. The molecule has 0 bridgehead atoms. The van der Waals surface area contributed by atoms with Crippen LogP contribution >= 0.6 is 0 Å². The molecule has 80 valence electrons. The van der Waals surface area contributed by atoms with Gasteiger partial charge in [0.1, 0.15) is 5.76 Å². The first kappa shape index (κ1) is 10.9. The lowest BCUT2D eigenvalue weighted by Crippen LogP contribution is -2.20. The number of methoxy groups -OCH3 is 2. The highest BCUT2D eigenvalue weighted by atomic mass is 16.7. The Hall–Kier alpha value is -1.19. The molecular formula is C10H16O4. The third-order valence-electron chi connectivity index (χ3n) is 2.22. The van der Waals surface area contributed by atoms with E-state index in [2.05, 4.69) is 4.74 Å². The number of allylic oxidation sites excluding steroid dienone is 1. The zero-order valence-corrected chi connectivity index (χ0v) is 8.62. The number of hydrogen-bond acceptors (Lipinski definition) is 4. The second-order valence-corrected chi connectivity index (χ2v) is 3.16. The molecule has 0 aromatic heterocycles. The van der Waals surface area contributed by atoms with E-state index < -0.39 is 6.16 Å². The van der Waals surface area contributed by atoms with Crippen LogP contribution in [0.5, 0.6) is 0 Å². The van der Waals surface area contributed by atoms with Crippen molar-refractivity contribution >= 4 is 6.16 Å². The van der Waals surface area contributed by atoms with Crippen LogP contribution in [-0.4, -0.2) is 26.5 Å². The molecule has 0 aliphatic heterocycles. The third kappa shape index (κ3) is 2.94. The number of carbonyl (C=O) groups excluding carboxylic acids is 1. The Bertz CT molecular complexity index is 222. The third-order valence-corrected chi connectivity index (χ3v) is 2.22. The molecule has 0 N–H and O–H groups in total. The van der Waals surface area contributed by atoms with Gasteiger partial charge in [0, 0.05) is 0 Å². The van der Waals surface area contributed by atoms with Crippen molar-refractivity contribution in [3.05, 3.63) is 11.8 Å². The monoisotopic (exact) mass is 200 g/mol. The first-order valence-corrected chi connectivity index (χ1v) is 4.76. The summed E-state index contributed by atoms with van der Waals surface area (Å²) in [7, 11) is 2.89. The van der Waals surface area contributed by atoms with Crippen molar-refractivity contribution in [2.75, 3.05) is 14.2 Å². The maximum atomic E-state index is 10.9. The largest absolute Gasteiger partial charge is 0.508 e. The molecule has 0 fully saturated rings. The number of ether oxygens (including phenoxy) is 3. The SMILES string of the molecule is COC(=O)OC1CCCCC=C1OC. The maximum absolute atomic E-state index is 10.9. The smallest absolute Gasteiger partial charge is 0.497 e. The zero-order chi connectivity index (χ0) is 10.4. The molecule has 0 heterocycles. The van der Waals surface area contributed by atoms with Crippen molar-refractivity contribution in [2.45, 2.75) is 31.8 Å². The van der Waals surface area contributed by atoms with Gasteiger partial charge < -0.3 is 14.2 Å². The Morgan fingerprint density at radius 3 is 2.86 bits per heavy atom. The predicted molar refractivity (Wildman–Crippen MR) is 50.8 cm³/mol. The van der Waals surface area contributed by atoms with Gasteiger partial charge in [-0.15, -0.1) is 0 Å². The van der Waals surface area contributed by atoms with Crippen molar-refractivity contribution in [3.8, 4) is 0 Å². The molecule has 1 aliphatic carbocycles. The van der Waals surface area contributed by atoms with Crippen LogP contribution in [0.2, 0.25) is 0 Å². The minimum Gasteiger partial charge on any atom is -0.497 e. The van der Waals surface area contributed by atoms with Gasteiger partial charge in [0.2, 0.25) is 0 Å². The first-order chi connectivity index (χ1) is 6.77. The summed E-state index contributed by atoms with van der Waals surface area (Å²) in [4.78, 5) is 10.9. The van der Waals surface area contributed by atoms with Gasteiger partial charge in [0.15, 0.2) is 6.10 Å². The standard InChI is InChI=1S/C10H16O4/c1-12-8-6-4-3-5-7-9(8)14-10(11)13-2/h6,9H,3-5,7H2,1-2H3. The van der Waals surface area contributed by atoms with Crippen LogP contribution in [0.3, 0.4) is 0 Å². The fourth-order valence-electron chi connectivity index (χ4n) is 1.49. The van der Waals surface area contributed by atoms with Crippen molar-refractivity contribution in [1.29, 1.82) is 0 Å². The summed E-state index contributed by atoms with van der Waals surface area (Å²) in [6, 6.07) is 0. The fraction of sp³-hybridized carbons (Fsp3) is 0.700. The average Bonchev–Trinajstić information content (AvgIpc) is 2.42. The molecule has 1 rings (SSSR count). The van der Waals surface area contributed by atoms with Crippen molar-refractivity contribution in [1.82, 2.24) is 0 Å². The van der Waals surface area contributed by atoms with Crippen LogP contribution in [0.1, 0.15) is 25.7 Å². The number of carbonyl (C=O) groups is 1. The first-order valence-electron chi connectivity index (χ1n) is 4.76. The Morgan fingerprint density at radius 2 is 2.21 bits per heavy atom. The number of rotatable bonds is 2. The van der Waals surface area contributed by atoms with Gasteiger partial charge in [-0.1, -0.05) is 0 Å². The van der Waals surface area contributed by atoms with E-state index in [9.17, 15) is 4.79 Å². The summed E-state index contributed by atoms with van der Waals surface area (Å²) < 4.78 is 14.7. The molecule has 1 atom stereocenters. The van der Waals surface area contributed by atoms with Gasteiger partial charge in [-0.05, 0) is 31.8 Å². The van der Waals surface area contributed by atoms with E-state index in [1.807, 2.05) is 6.08 Å². The minimum atomic E-state index is -0.653. The molecule has 4 heteroatoms. The maximum Gasteiger partial charge on any atom is 0.508 e. The van der Waals surface area contributed by atoms with Crippen LogP contribution in [0.25, 0.3) is 0 Å². The predicted octanol–water partition coefficient (Wildman–Crippen LogP) is 2.24. The Kier molecular flexibility index (Phi) is 4.29. The van der Waals surface area contributed by atoms with Crippen LogP contribution in [-0.2, 0) is 14.2 Å². The lowest BCUT2D eigenvalue weighted by Gasteiger charge is -2.17. The Balaban J connectivity index is 2.58. The molecule has 4 nitrogen and oxygen atoms in total. The second-order valence-electron chi connectivity index (χ2n) is 3.16. The average molecular weight is 200 g/mol. The van der Waals surface area contributed by atoms with E-state index in [1.165, 1.54) is 7.11 Å². The quantitative estimate of drug-likeness (QED) is 0.641. The van der Waals surface area contributed by atoms with Gasteiger partial charge >= 0.3 is 6.16 Å². The van der Waals surface area contributed by atoms with Crippen molar-refractivity contribution in [2.24, 2.45) is 0 Å². The zero-order valence-electron chi connectivity index (χ0n) is 8.62. The van der Waals surface area contributed by atoms with Crippen molar-refractivity contribution < 1.29 is 19.0 Å². The van der Waals surface area contributed by atoms with Crippen LogP contribution in [0.15, 0.2) is 11.8 Å². The van der Waals surface area contributed by atoms with Crippen LogP contribution < -0.4 is 0 Å². The highest BCUT2D eigenvalue weighted by Crippen LogP contribution is 2.21. The van der Waals surface area contributed by atoms with E-state index in [4.69, 9.17) is 9.47 Å². The van der Waals surface area contributed by atoms with Crippen molar-refractivity contribution in [3.63, 3.8) is 0 Å². The molecule has 0 saturated heterocycles. The molecule has 0 saturated carbocycles. The molecule has 1 aliphatic rings. The summed E-state index contributed by atoms with van der Waals surface area (Å²) in [6.07, 6.45) is 4.95. The number of hydrogen-bond donors (Lipinski definition) is 0. The summed E-state index contributed by atoms with van der Waals surface area (Å²) >= 11 is 0. The van der Waals surface area contributed by atoms with E-state index in [0.29, 0.717) is 0 Å². The summed E-state index contributed by atoms with van der Waals surface area (Å²) in [5.41, 5.74) is 0. The minimum absolute atomic E-state index is 0.282. The van der Waals surface area contributed by atoms with Crippen LogP contribution in [0.4, 0.5) is 4.79 Å². The van der Waals surface area contributed by atoms with E-state index in [-0.39, 0.29) is 6.10 Å². The molecule has 0 aromatic rings. The Morgan fingerprint density at radius 1 is 1.43 bits per heavy atom. The highest BCUT2D eigenvalue weighted by Gasteiger charge is 2.21. The van der Waals surface area contributed by atoms with Gasteiger partial charge in [-0.3, -0.25) is 0 Å². The molecule has 0 aromatic carbocycles. The summed E-state index contributed by atoms with van der Waals surface area (Å²) in [5, 5.41) is 0. The second kappa shape index (κ2) is 5.52. The molecule has 1 unspecified atom stereocenters. The fourth-order valence-corrected chi connectivity index (χ4v) is 1.49. The van der Waals surface area contributed by atoms with E-state index in [0.717, 1.165) is 31.4 Å². The molecular weight excluding hydrogens is 184 g/mol. The van der Waals surface area contributed by atoms with E-state index in [1.54, 1.807) is 7.11 Å². The topological polar surface area (TPSA) is 44.8 Å². The molecule has 14 heavy (non-hydrogen) atoms. The van der Waals surface area contributed by atoms with Crippen LogP contribution in [0, 0.1) is 0 Å². The lowest BCUT2D eigenvalue weighted by molar-refractivity contribution is 0.0271. The van der Waals surface area contributed by atoms with Gasteiger partial charge in [0.05, 0.1) is 14.2 Å². The van der Waals surface area contributed by atoms with Gasteiger partial charge in [-0.2, -0.15) is 0 Å². The molecule has 0 spiro atoms. The molecule has 0 amide bonds. The van der Waals surface area contributed by atoms with E-state index >= 15 is 0 Å². The highest BCUT2D eigenvalue weighted by molar-refractivity contribution is 5.60. The van der Waals surface area contributed by atoms with Gasteiger partial charge in [0.25, 0.3) is 0 Å².